The van der Waals surface area contributed by atoms with Gasteiger partial charge in [0.05, 0.1) is 32.8 Å². The second-order valence-corrected chi connectivity index (χ2v) is 5.47. The van der Waals surface area contributed by atoms with Crippen molar-refractivity contribution < 1.29 is 23.7 Å². The van der Waals surface area contributed by atoms with Crippen LogP contribution in [0.4, 0.5) is 0 Å². The maximum absolute atomic E-state index is 12.2. The topological polar surface area (TPSA) is 66.0 Å². The fourth-order valence-electron chi connectivity index (χ4n) is 1.76. The van der Waals surface area contributed by atoms with Crippen LogP contribution in [0.1, 0.15) is 10.4 Å². The van der Waals surface area contributed by atoms with Crippen molar-refractivity contribution in [1.82, 2.24) is 5.32 Å². The molecule has 1 amide bonds. The van der Waals surface area contributed by atoms with Gasteiger partial charge in [-0.1, -0.05) is 15.9 Å². The highest BCUT2D eigenvalue weighted by atomic mass is 79.9. The van der Waals surface area contributed by atoms with E-state index in [2.05, 4.69) is 21.2 Å². The van der Waals surface area contributed by atoms with Gasteiger partial charge in [-0.15, -0.1) is 0 Å². The van der Waals surface area contributed by atoms with Crippen LogP contribution in [0.15, 0.2) is 12.1 Å². The average molecular weight is 362 g/mol. The Bertz CT molecular complexity index is 455. The van der Waals surface area contributed by atoms with E-state index in [0.29, 0.717) is 36.0 Å². The molecule has 0 aromatic heterocycles. The number of ether oxygens (including phenoxy) is 4. The normalized spacial score (nSPS) is 11.7. The van der Waals surface area contributed by atoms with E-state index in [-0.39, 0.29) is 10.7 Å². The quantitative estimate of drug-likeness (QED) is 0.715. The largest absolute Gasteiger partial charge is 0.493 e. The third-order valence-corrected chi connectivity index (χ3v) is 3.35. The van der Waals surface area contributed by atoms with Crippen molar-refractivity contribution in [3.63, 3.8) is 0 Å². The molecule has 1 unspecified atom stereocenters. The summed E-state index contributed by atoms with van der Waals surface area (Å²) in [6.07, 6.45) is 0. The molecular formula is C14H20BrNO5. The van der Waals surface area contributed by atoms with Gasteiger partial charge in [0.1, 0.15) is 0 Å². The zero-order chi connectivity index (χ0) is 15.8. The van der Waals surface area contributed by atoms with Gasteiger partial charge in [-0.3, -0.25) is 4.79 Å². The Morgan fingerprint density at radius 3 is 2.14 bits per heavy atom. The Morgan fingerprint density at radius 2 is 1.71 bits per heavy atom. The van der Waals surface area contributed by atoms with Crippen LogP contribution in [-0.4, -0.2) is 52.3 Å². The molecule has 7 heteroatoms. The van der Waals surface area contributed by atoms with Crippen molar-refractivity contribution in [3.8, 4) is 17.2 Å². The maximum Gasteiger partial charge on any atom is 0.251 e. The molecule has 0 aliphatic rings. The van der Waals surface area contributed by atoms with E-state index >= 15 is 0 Å². The minimum atomic E-state index is -0.227. The fraction of sp³-hybridized carbons (Fsp3) is 0.500. The van der Waals surface area contributed by atoms with Crippen LogP contribution in [0.2, 0.25) is 0 Å². The lowest BCUT2D eigenvalue weighted by Gasteiger charge is -2.15. The first-order valence-corrected chi connectivity index (χ1v) is 7.20. The molecule has 0 fully saturated rings. The highest BCUT2D eigenvalue weighted by molar-refractivity contribution is 9.09. The Morgan fingerprint density at radius 1 is 1.14 bits per heavy atom. The molecule has 118 valence electrons. The minimum absolute atomic E-state index is 0.0495. The van der Waals surface area contributed by atoms with Crippen LogP contribution < -0.4 is 19.5 Å². The van der Waals surface area contributed by atoms with Crippen molar-refractivity contribution in [2.75, 3.05) is 41.6 Å². The lowest BCUT2D eigenvalue weighted by Crippen LogP contribution is -2.31. The van der Waals surface area contributed by atoms with Gasteiger partial charge in [-0.05, 0) is 12.1 Å². The summed E-state index contributed by atoms with van der Waals surface area (Å²) in [7, 11) is 6.13. The molecule has 1 atom stereocenters. The molecule has 1 N–H and O–H groups in total. The molecule has 0 radical (unpaired) electrons. The third kappa shape index (κ3) is 4.78. The summed E-state index contributed by atoms with van der Waals surface area (Å²) in [5, 5.41) is 2.81. The zero-order valence-electron chi connectivity index (χ0n) is 12.6. The summed E-state index contributed by atoms with van der Waals surface area (Å²) in [6, 6.07) is 3.21. The number of nitrogens with one attached hydrogen (secondary N) is 1. The van der Waals surface area contributed by atoms with Gasteiger partial charge in [0.2, 0.25) is 5.75 Å². The number of methoxy groups -OCH3 is 4. The van der Waals surface area contributed by atoms with Crippen LogP contribution >= 0.6 is 15.9 Å². The van der Waals surface area contributed by atoms with Crippen LogP contribution in [0.5, 0.6) is 17.2 Å². The Balaban J connectivity index is 2.89. The molecule has 1 aromatic rings. The van der Waals surface area contributed by atoms with Gasteiger partial charge in [-0.25, -0.2) is 0 Å². The molecule has 0 saturated heterocycles. The van der Waals surface area contributed by atoms with Gasteiger partial charge >= 0.3 is 0 Å². The van der Waals surface area contributed by atoms with Crippen molar-refractivity contribution in [2.24, 2.45) is 0 Å². The lowest BCUT2D eigenvalue weighted by molar-refractivity contribution is 0.0949. The zero-order valence-corrected chi connectivity index (χ0v) is 14.2. The third-order valence-electron chi connectivity index (χ3n) is 2.76. The van der Waals surface area contributed by atoms with E-state index in [1.807, 2.05) is 0 Å². The van der Waals surface area contributed by atoms with Crippen molar-refractivity contribution >= 4 is 21.8 Å². The summed E-state index contributed by atoms with van der Waals surface area (Å²) in [5.74, 6) is 1.10. The molecule has 1 aromatic carbocycles. The first-order chi connectivity index (χ1) is 10.1. The lowest BCUT2D eigenvalue weighted by atomic mass is 10.1. The minimum Gasteiger partial charge on any atom is -0.493 e. The standard InChI is InChI=1S/C14H20BrNO5/c1-18-8-10(15)7-16-14(17)9-5-11(19-2)13(21-4)12(6-9)20-3/h5-6,10H,7-8H2,1-4H3,(H,16,17). The van der Waals surface area contributed by atoms with Crippen molar-refractivity contribution in [2.45, 2.75) is 4.83 Å². The van der Waals surface area contributed by atoms with E-state index in [1.165, 1.54) is 21.3 Å². The maximum atomic E-state index is 12.2. The number of rotatable bonds is 8. The van der Waals surface area contributed by atoms with E-state index in [0.717, 1.165) is 0 Å². The first-order valence-electron chi connectivity index (χ1n) is 6.28. The SMILES string of the molecule is COCC(Br)CNC(=O)c1cc(OC)c(OC)c(OC)c1. The van der Waals surface area contributed by atoms with Crippen LogP contribution in [-0.2, 0) is 4.74 Å². The summed E-state index contributed by atoms with van der Waals surface area (Å²) >= 11 is 3.41. The van der Waals surface area contributed by atoms with Crippen LogP contribution in [0, 0.1) is 0 Å². The Labute approximate surface area is 132 Å². The van der Waals surface area contributed by atoms with Gasteiger partial charge in [0.15, 0.2) is 11.5 Å². The highest BCUT2D eigenvalue weighted by Crippen LogP contribution is 2.38. The molecule has 0 bridgehead atoms. The Kier molecular flexibility index (Phi) is 7.31. The fourth-order valence-corrected chi connectivity index (χ4v) is 2.18. The molecule has 21 heavy (non-hydrogen) atoms. The number of hydrogen-bond donors (Lipinski definition) is 1. The number of benzene rings is 1. The summed E-state index contributed by atoms with van der Waals surface area (Å²) in [4.78, 5) is 12.2. The van der Waals surface area contributed by atoms with Gasteiger partial charge in [0, 0.05) is 19.2 Å². The van der Waals surface area contributed by atoms with Crippen LogP contribution in [0.25, 0.3) is 0 Å². The Hall–Kier alpha value is -1.47. The highest BCUT2D eigenvalue weighted by Gasteiger charge is 2.17. The van der Waals surface area contributed by atoms with Crippen LogP contribution in [0.3, 0.4) is 0 Å². The predicted octanol–water partition coefficient (Wildman–Crippen LogP) is 1.85. The molecule has 0 spiro atoms. The van der Waals surface area contributed by atoms with E-state index in [1.54, 1.807) is 19.2 Å². The smallest absolute Gasteiger partial charge is 0.251 e. The summed E-state index contributed by atoms with van der Waals surface area (Å²) < 4.78 is 20.6. The number of hydrogen-bond acceptors (Lipinski definition) is 5. The number of carbonyl (C=O) groups excluding carboxylic acids is 1. The monoisotopic (exact) mass is 361 g/mol. The second kappa shape index (κ2) is 8.74. The van der Waals surface area contributed by atoms with E-state index in [4.69, 9.17) is 18.9 Å². The molecule has 6 nitrogen and oxygen atoms in total. The van der Waals surface area contributed by atoms with Gasteiger partial charge < -0.3 is 24.3 Å². The molecule has 0 aliphatic carbocycles. The molecule has 0 saturated carbocycles. The number of carbonyl (C=O) groups is 1. The number of halogens is 1. The summed E-state index contributed by atoms with van der Waals surface area (Å²) in [5.41, 5.74) is 0.432. The molecule has 1 rings (SSSR count). The second-order valence-electron chi connectivity index (χ2n) is 4.18. The molecule has 0 aliphatic heterocycles. The van der Waals surface area contributed by atoms with Crippen molar-refractivity contribution in [3.05, 3.63) is 17.7 Å². The average Bonchev–Trinajstić information content (AvgIpc) is 2.51. The van der Waals surface area contributed by atoms with Gasteiger partial charge in [0.25, 0.3) is 5.91 Å². The predicted molar refractivity (Wildman–Crippen MR) is 83.0 cm³/mol. The number of amides is 1. The van der Waals surface area contributed by atoms with Crippen molar-refractivity contribution in [1.29, 1.82) is 0 Å². The molecule has 0 heterocycles. The number of alkyl halides is 1. The summed E-state index contributed by atoms with van der Waals surface area (Å²) in [6.45, 7) is 0.957. The first kappa shape index (κ1) is 17.6. The van der Waals surface area contributed by atoms with Gasteiger partial charge in [-0.2, -0.15) is 0 Å². The van der Waals surface area contributed by atoms with E-state index in [9.17, 15) is 4.79 Å². The van der Waals surface area contributed by atoms with E-state index < -0.39 is 0 Å². The molecular weight excluding hydrogens is 342 g/mol.